The zero-order valence-corrected chi connectivity index (χ0v) is 16.2. The molecule has 4 rings (SSSR count). The molecule has 2 aromatic carbocycles. The number of aromatic nitrogens is 2. The lowest BCUT2D eigenvalue weighted by atomic mass is 10.2. The third-order valence-corrected chi connectivity index (χ3v) is 4.21. The standard InChI is InChI=1S/C23H19N3O4/c1-2-28-17-7-9-18(10-8-17)29-21-6-4-3-5-19(21)25-23(27)20-15-22(30-26-20)16-11-13-24-14-12-16/h3-15H,2H2,1H3,(H,25,27). The molecule has 0 spiro atoms. The molecule has 0 saturated heterocycles. The number of rotatable bonds is 7. The van der Waals surface area contributed by atoms with Crippen LogP contribution in [-0.4, -0.2) is 22.7 Å². The SMILES string of the molecule is CCOc1ccc(Oc2ccccc2NC(=O)c2cc(-c3ccncc3)on2)cc1. The van der Waals surface area contributed by atoms with Crippen LogP contribution in [0.5, 0.6) is 17.2 Å². The second-order valence-corrected chi connectivity index (χ2v) is 6.27. The molecule has 0 unspecified atom stereocenters. The quantitative estimate of drug-likeness (QED) is 0.459. The molecule has 0 atom stereocenters. The number of benzene rings is 2. The smallest absolute Gasteiger partial charge is 0.277 e. The minimum Gasteiger partial charge on any atom is -0.494 e. The van der Waals surface area contributed by atoms with Gasteiger partial charge in [0.1, 0.15) is 11.5 Å². The van der Waals surface area contributed by atoms with Crippen LogP contribution in [0.4, 0.5) is 5.69 Å². The first kappa shape index (κ1) is 19.2. The highest BCUT2D eigenvalue weighted by Gasteiger charge is 2.16. The Kier molecular flexibility index (Phi) is 5.70. The van der Waals surface area contributed by atoms with Gasteiger partial charge in [-0.25, -0.2) is 0 Å². The van der Waals surface area contributed by atoms with Gasteiger partial charge in [-0.2, -0.15) is 0 Å². The van der Waals surface area contributed by atoms with E-state index in [1.54, 1.807) is 42.7 Å². The number of carbonyl (C=O) groups excluding carboxylic acids is 1. The van der Waals surface area contributed by atoms with E-state index in [9.17, 15) is 4.79 Å². The Labute approximate surface area is 173 Å². The van der Waals surface area contributed by atoms with Crippen LogP contribution in [0.1, 0.15) is 17.4 Å². The molecule has 0 radical (unpaired) electrons. The molecule has 0 aliphatic heterocycles. The van der Waals surface area contributed by atoms with Crippen molar-refractivity contribution in [1.29, 1.82) is 0 Å². The Morgan fingerprint density at radius 2 is 1.73 bits per heavy atom. The number of hydrogen-bond acceptors (Lipinski definition) is 6. The van der Waals surface area contributed by atoms with E-state index in [2.05, 4.69) is 15.5 Å². The van der Waals surface area contributed by atoms with E-state index in [1.807, 2.05) is 43.3 Å². The minimum atomic E-state index is -0.401. The highest BCUT2D eigenvalue weighted by molar-refractivity contribution is 6.04. The van der Waals surface area contributed by atoms with Gasteiger partial charge in [-0.3, -0.25) is 9.78 Å². The first-order valence-corrected chi connectivity index (χ1v) is 9.41. The van der Waals surface area contributed by atoms with Crippen molar-refractivity contribution in [3.63, 3.8) is 0 Å². The predicted molar refractivity (Wildman–Crippen MR) is 112 cm³/mol. The van der Waals surface area contributed by atoms with Crippen LogP contribution < -0.4 is 14.8 Å². The summed E-state index contributed by atoms with van der Waals surface area (Å²) in [6.07, 6.45) is 3.29. The van der Waals surface area contributed by atoms with Gasteiger partial charge in [0.25, 0.3) is 5.91 Å². The third-order valence-electron chi connectivity index (χ3n) is 4.21. The lowest BCUT2D eigenvalue weighted by Gasteiger charge is -2.12. The van der Waals surface area contributed by atoms with Gasteiger partial charge in [0, 0.05) is 24.0 Å². The maximum atomic E-state index is 12.7. The molecule has 4 aromatic rings. The normalized spacial score (nSPS) is 10.4. The molecule has 0 bridgehead atoms. The number of nitrogens with one attached hydrogen (secondary N) is 1. The van der Waals surface area contributed by atoms with E-state index in [0.29, 0.717) is 29.6 Å². The molecular formula is C23H19N3O4. The third kappa shape index (κ3) is 4.47. The van der Waals surface area contributed by atoms with Crippen molar-refractivity contribution in [2.75, 3.05) is 11.9 Å². The average Bonchev–Trinajstić information content (AvgIpc) is 3.28. The van der Waals surface area contributed by atoms with Gasteiger partial charge in [0.15, 0.2) is 17.2 Å². The summed E-state index contributed by atoms with van der Waals surface area (Å²) in [5.41, 5.74) is 1.47. The van der Waals surface area contributed by atoms with E-state index in [-0.39, 0.29) is 5.69 Å². The summed E-state index contributed by atoms with van der Waals surface area (Å²) in [4.78, 5) is 16.6. The van der Waals surface area contributed by atoms with Crippen LogP contribution in [0, 0.1) is 0 Å². The Morgan fingerprint density at radius 1 is 1.00 bits per heavy atom. The molecule has 1 N–H and O–H groups in total. The van der Waals surface area contributed by atoms with Gasteiger partial charge in [0.2, 0.25) is 0 Å². The fraction of sp³-hybridized carbons (Fsp3) is 0.0870. The molecule has 2 heterocycles. The van der Waals surface area contributed by atoms with Crippen LogP contribution in [0.15, 0.2) is 83.6 Å². The summed E-state index contributed by atoms with van der Waals surface area (Å²) < 4.78 is 16.7. The molecule has 0 aliphatic rings. The Balaban J connectivity index is 1.49. The van der Waals surface area contributed by atoms with Crippen molar-refractivity contribution in [3.05, 3.63) is 84.8 Å². The number of amides is 1. The molecule has 0 fully saturated rings. The molecule has 2 aromatic heterocycles. The van der Waals surface area contributed by atoms with Crippen molar-refractivity contribution in [2.24, 2.45) is 0 Å². The fourth-order valence-electron chi connectivity index (χ4n) is 2.78. The summed E-state index contributed by atoms with van der Waals surface area (Å²) >= 11 is 0. The number of pyridine rings is 1. The van der Waals surface area contributed by atoms with Crippen LogP contribution in [0.2, 0.25) is 0 Å². The lowest BCUT2D eigenvalue weighted by molar-refractivity contribution is 0.101. The van der Waals surface area contributed by atoms with Crippen molar-refractivity contribution in [1.82, 2.24) is 10.1 Å². The molecule has 150 valence electrons. The summed E-state index contributed by atoms with van der Waals surface area (Å²) in [6, 6.07) is 19.6. The second kappa shape index (κ2) is 8.91. The molecule has 1 amide bonds. The summed E-state index contributed by atoms with van der Waals surface area (Å²) in [6.45, 7) is 2.53. The van der Waals surface area contributed by atoms with E-state index >= 15 is 0 Å². The maximum Gasteiger partial charge on any atom is 0.277 e. The van der Waals surface area contributed by atoms with Crippen molar-refractivity contribution < 1.29 is 18.8 Å². The Bertz CT molecular complexity index is 1120. The van der Waals surface area contributed by atoms with Crippen LogP contribution in [-0.2, 0) is 0 Å². The minimum absolute atomic E-state index is 0.165. The summed E-state index contributed by atoms with van der Waals surface area (Å²) in [7, 11) is 0. The van der Waals surface area contributed by atoms with Gasteiger partial charge in [0.05, 0.1) is 12.3 Å². The largest absolute Gasteiger partial charge is 0.494 e. The monoisotopic (exact) mass is 401 g/mol. The van der Waals surface area contributed by atoms with Gasteiger partial charge >= 0.3 is 0 Å². The highest BCUT2D eigenvalue weighted by Crippen LogP contribution is 2.31. The van der Waals surface area contributed by atoms with E-state index in [1.165, 1.54) is 0 Å². The van der Waals surface area contributed by atoms with E-state index in [4.69, 9.17) is 14.0 Å². The van der Waals surface area contributed by atoms with Gasteiger partial charge in [-0.05, 0) is 55.5 Å². The van der Waals surface area contributed by atoms with E-state index < -0.39 is 5.91 Å². The Morgan fingerprint density at radius 3 is 2.50 bits per heavy atom. The zero-order valence-electron chi connectivity index (χ0n) is 16.2. The molecule has 0 aliphatic carbocycles. The zero-order chi connectivity index (χ0) is 20.8. The number of ether oxygens (including phenoxy) is 2. The second-order valence-electron chi connectivity index (χ2n) is 6.27. The number of carbonyl (C=O) groups is 1. The van der Waals surface area contributed by atoms with Crippen LogP contribution in [0.25, 0.3) is 11.3 Å². The van der Waals surface area contributed by atoms with Gasteiger partial charge < -0.3 is 19.3 Å². The molecule has 0 saturated carbocycles. The molecule has 30 heavy (non-hydrogen) atoms. The van der Waals surface area contributed by atoms with Crippen LogP contribution in [0.3, 0.4) is 0 Å². The highest BCUT2D eigenvalue weighted by atomic mass is 16.5. The van der Waals surface area contributed by atoms with Crippen LogP contribution >= 0.6 is 0 Å². The van der Waals surface area contributed by atoms with Gasteiger partial charge in [-0.1, -0.05) is 17.3 Å². The van der Waals surface area contributed by atoms with E-state index in [0.717, 1.165) is 11.3 Å². The predicted octanol–water partition coefficient (Wildman–Crippen LogP) is 5.18. The topological polar surface area (TPSA) is 86.5 Å². The van der Waals surface area contributed by atoms with Crippen molar-refractivity contribution in [3.8, 4) is 28.6 Å². The Hall–Kier alpha value is -4.13. The lowest BCUT2D eigenvalue weighted by Crippen LogP contribution is -2.12. The maximum absolute atomic E-state index is 12.7. The van der Waals surface area contributed by atoms with Gasteiger partial charge in [-0.15, -0.1) is 0 Å². The summed E-state index contributed by atoms with van der Waals surface area (Å²) in [5, 5.41) is 6.69. The van der Waals surface area contributed by atoms with Crippen molar-refractivity contribution in [2.45, 2.75) is 6.92 Å². The fourth-order valence-corrected chi connectivity index (χ4v) is 2.78. The average molecular weight is 401 g/mol. The molecular weight excluding hydrogens is 382 g/mol. The number of nitrogens with zero attached hydrogens (tertiary/aromatic N) is 2. The number of hydrogen-bond donors (Lipinski definition) is 1. The molecule has 7 nitrogen and oxygen atoms in total. The number of para-hydroxylation sites is 2. The van der Waals surface area contributed by atoms with Crippen molar-refractivity contribution >= 4 is 11.6 Å². The summed E-state index contributed by atoms with van der Waals surface area (Å²) in [5.74, 6) is 1.99. The number of anilines is 1. The first-order chi connectivity index (χ1) is 14.7. The molecule has 7 heteroatoms. The first-order valence-electron chi connectivity index (χ1n) is 9.41.